The SMILES string of the molecule is Cl.Cn1c(N)c(N)c(=O)n(C)c1=O. The van der Waals surface area contributed by atoms with E-state index < -0.39 is 11.2 Å². The molecule has 1 heterocycles. The third-order valence-electron chi connectivity index (χ3n) is 1.75. The Hall–Kier alpha value is -1.43. The third-order valence-corrected chi connectivity index (χ3v) is 1.75. The van der Waals surface area contributed by atoms with Crippen LogP contribution in [0.15, 0.2) is 9.59 Å². The predicted octanol–water partition coefficient (Wildman–Crippen LogP) is -1.33. The normalized spacial score (nSPS) is 9.38. The topological polar surface area (TPSA) is 96.0 Å². The maximum absolute atomic E-state index is 11.2. The van der Waals surface area contributed by atoms with Crippen molar-refractivity contribution in [2.24, 2.45) is 14.1 Å². The van der Waals surface area contributed by atoms with Crippen LogP contribution in [0.4, 0.5) is 11.5 Å². The van der Waals surface area contributed by atoms with Gasteiger partial charge in [0.25, 0.3) is 5.56 Å². The molecule has 74 valence electrons. The second-order valence-corrected chi connectivity index (χ2v) is 2.50. The number of aromatic nitrogens is 2. The van der Waals surface area contributed by atoms with Crippen molar-refractivity contribution in [3.05, 3.63) is 20.8 Å². The first kappa shape index (κ1) is 11.6. The summed E-state index contributed by atoms with van der Waals surface area (Å²) in [6.07, 6.45) is 0. The Morgan fingerprint density at radius 1 is 1.08 bits per heavy atom. The van der Waals surface area contributed by atoms with Crippen molar-refractivity contribution in [1.82, 2.24) is 9.13 Å². The van der Waals surface area contributed by atoms with E-state index in [1.54, 1.807) is 0 Å². The number of hydrogen-bond donors (Lipinski definition) is 2. The lowest BCUT2D eigenvalue weighted by Crippen LogP contribution is -2.39. The zero-order chi connectivity index (χ0) is 9.46. The van der Waals surface area contributed by atoms with Crippen LogP contribution in [0.5, 0.6) is 0 Å². The molecule has 0 atom stereocenters. The van der Waals surface area contributed by atoms with Crippen molar-refractivity contribution >= 4 is 23.9 Å². The van der Waals surface area contributed by atoms with Crippen LogP contribution < -0.4 is 22.7 Å². The van der Waals surface area contributed by atoms with Gasteiger partial charge in [0.2, 0.25) is 0 Å². The van der Waals surface area contributed by atoms with Crippen molar-refractivity contribution in [3.8, 4) is 0 Å². The fourth-order valence-electron chi connectivity index (χ4n) is 0.886. The van der Waals surface area contributed by atoms with Crippen LogP contribution in [0.1, 0.15) is 0 Å². The molecule has 6 nitrogen and oxygen atoms in total. The molecule has 0 aromatic carbocycles. The van der Waals surface area contributed by atoms with E-state index in [0.717, 1.165) is 9.13 Å². The number of rotatable bonds is 0. The minimum atomic E-state index is -0.560. The van der Waals surface area contributed by atoms with Crippen molar-refractivity contribution < 1.29 is 0 Å². The van der Waals surface area contributed by atoms with Crippen molar-refractivity contribution in [1.29, 1.82) is 0 Å². The minimum Gasteiger partial charge on any atom is -0.391 e. The summed E-state index contributed by atoms with van der Waals surface area (Å²) >= 11 is 0. The molecule has 0 fully saturated rings. The van der Waals surface area contributed by atoms with Gasteiger partial charge < -0.3 is 11.5 Å². The molecule has 4 N–H and O–H groups in total. The molecule has 1 aromatic rings. The first-order chi connectivity index (χ1) is 5.46. The van der Waals surface area contributed by atoms with Crippen LogP contribution >= 0.6 is 12.4 Å². The van der Waals surface area contributed by atoms with Gasteiger partial charge in [0.15, 0.2) is 0 Å². The van der Waals surface area contributed by atoms with Gasteiger partial charge in [-0.1, -0.05) is 0 Å². The van der Waals surface area contributed by atoms with Gasteiger partial charge in [-0.3, -0.25) is 13.9 Å². The van der Waals surface area contributed by atoms with Gasteiger partial charge in [-0.15, -0.1) is 12.4 Å². The largest absolute Gasteiger partial charge is 0.391 e. The van der Waals surface area contributed by atoms with Crippen LogP contribution in [0.25, 0.3) is 0 Å². The molecule has 0 aliphatic carbocycles. The fourth-order valence-corrected chi connectivity index (χ4v) is 0.886. The standard InChI is InChI=1S/C6H10N4O2.ClH/c1-9-4(8)3(7)5(11)10(2)6(9)12;/h7-8H2,1-2H3;1H. The number of nitrogen functional groups attached to an aromatic ring is 2. The van der Waals surface area contributed by atoms with E-state index in [9.17, 15) is 9.59 Å². The molecule has 0 spiro atoms. The summed E-state index contributed by atoms with van der Waals surface area (Å²) in [6, 6.07) is 0. The van der Waals surface area contributed by atoms with Crippen LogP contribution in [0, 0.1) is 0 Å². The van der Waals surface area contributed by atoms with Crippen molar-refractivity contribution in [2.45, 2.75) is 0 Å². The summed E-state index contributed by atoms with van der Waals surface area (Å²) in [5.41, 5.74) is 9.57. The molecule has 0 saturated heterocycles. The molecule has 0 amide bonds. The number of halogens is 1. The fraction of sp³-hybridized carbons (Fsp3) is 0.333. The van der Waals surface area contributed by atoms with Gasteiger partial charge in [-0.2, -0.15) is 0 Å². The molecule has 0 saturated carbocycles. The zero-order valence-electron chi connectivity index (χ0n) is 7.27. The molecule has 0 radical (unpaired) electrons. The van der Waals surface area contributed by atoms with Gasteiger partial charge >= 0.3 is 5.69 Å². The van der Waals surface area contributed by atoms with Gasteiger partial charge in [-0.25, -0.2) is 4.79 Å². The minimum absolute atomic E-state index is 0. The van der Waals surface area contributed by atoms with Gasteiger partial charge in [0.1, 0.15) is 11.5 Å². The molecule has 13 heavy (non-hydrogen) atoms. The van der Waals surface area contributed by atoms with Gasteiger partial charge in [-0.05, 0) is 0 Å². The maximum atomic E-state index is 11.2. The van der Waals surface area contributed by atoms with Crippen LogP contribution in [-0.2, 0) is 14.1 Å². The highest BCUT2D eigenvalue weighted by Crippen LogP contribution is 2.01. The Balaban J connectivity index is 0.00000144. The Morgan fingerprint density at radius 3 is 2.00 bits per heavy atom. The van der Waals surface area contributed by atoms with Crippen LogP contribution in [0.3, 0.4) is 0 Å². The second kappa shape index (κ2) is 3.53. The highest BCUT2D eigenvalue weighted by atomic mass is 35.5. The second-order valence-electron chi connectivity index (χ2n) is 2.50. The van der Waals surface area contributed by atoms with E-state index in [-0.39, 0.29) is 23.9 Å². The Bertz CT molecular complexity index is 396. The monoisotopic (exact) mass is 206 g/mol. The zero-order valence-corrected chi connectivity index (χ0v) is 8.09. The number of nitrogens with zero attached hydrogens (tertiary/aromatic N) is 2. The maximum Gasteiger partial charge on any atom is 0.332 e. The molecular weight excluding hydrogens is 196 g/mol. The van der Waals surface area contributed by atoms with Crippen LogP contribution in [-0.4, -0.2) is 9.13 Å². The Kier molecular flexibility index (Phi) is 3.14. The van der Waals surface area contributed by atoms with E-state index in [2.05, 4.69) is 0 Å². The van der Waals surface area contributed by atoms with Gasteiger partial charge in [0, 0.05) is 14.1 Å². The summed E-state index contributed by atoms with van der Waals surface area (Å²) in [5, 5.41) is 0. The molecule has 1 rings (SSSR count). The average molecular weight is 207 g/mol. The van der Waals surface area contributed by atoms with Crippen molar-refractivity contribution in [3.63, 3.8) is 0 Å². The van der Waals surface area contributed by atoms with Crippen molar-refractivity contribution in [2.75, 3.05) is 11.5 Å². The van der Waals surface area contributed by atoms with E-state index in [0.29, 0.717) is 0 Å². The van der Waals surface area contributed by atoms with Gasteiger partial charge in [0.05, 0.1) is 0 Å². The molecule has 7 heteroatoms. The third kappa shape index (κ3) is 1.52. The Morgan fingerprint density at radius 2 is 1.54 bits per heavy atom. The molecular formula is C6H11ClN4O2. The summed E-state index contributed by atoms with van der Waals surface area (Å²) in [6.45, 7) is 0. The molecule has 0 unspecified atom stereocenters. The molecule has 0 bridgehead atoms. The summed E-state index contributed by atoms with van der Waals surface area (Å²) in [5.74, 6) is 0.00287. The first-order valence-electron chi connectivity index (χ1n) is 3.27. The number of hydrogen-bond acceptors (Lipinski definition) is 4. The highest BCUT2D eigenvalue weighted by molar-refractivity contribution is 5.85. The van der Waals surface area contributed by atoms with Crippen LogP contribution in [0.2, 0.25) is 0 Å². The lowest BCUT2D eigenvalue weighted by atomic mass is 10.4. The lowest BCUT2D eigenvalue weighted by molar-refractivity contribution is 0.698. The quantitative estimate of drug-likeness (QED) is 0.550. The number of nitrogens with two attached hydrogens (primary N) is 2. The average Bonchev–Trinajstić information content (AvgIpc) is 2.08. The summed E-state index contributed by atoms with van der Waals surface area (Å²) in [7, 11) is 2.80. The van der Waals surface area contributed by atoms with E-state index in [1.165, 1.54) is 14.1 Å². The van der Waals surface area contributed by atoms with E-state index in [4.69, 9.17) is 11.5 Å². The predicted molar refractivity (Wildman–Crippen MR) is 53.0 cm³/mol. The summed E-state index contributed by atoms with van der Waals surface area (Å²) in [4.78, 5) is 22.3. The van der Waals surface area contributed by atoms with E-state index >= 15 is 0 Å². The van der Waals surface area contributed by atoms with E-state index in [1.807, 2.05) is 0 Å². The molecule has 0 aliphatic heterocycles. The first-order valence-corrected chi connectivity index (χ1v) is 3.27. The summed E-state index contributed by atoms with van der Waals surface area (Å²) < 4.78 is 2.03. The smallest absolute Gasteiger partial charge is 0.332 e. The molecule has 1 aromatic heterocycles. The Labute approximate surface area is 80.2 Å². The lowest BCUT2D eigenvalue weighted by Gasteiger charge is -2.07. The number of anilines is 2. The molecule has 0 aliphatic rings. The highest BCUT2D eigenvalue weighted by Gasteiger charge is 2.08.